The molecule has 3 heterocycles. The third-order valence-corrected chi connectivity index (χ3v) is 6.46. The van der Waals surface area contributed by atoms with E-state index >= 15 is 0 Å². The van der Waals surface area contributed by atoms with Gasteiger partial charge in [-0.05, 0) is 54.1 Å². The molecule has 5 rings (SSSR count). The second kappa shape index (κ2) is 10.8. The van der Waals surface area contributed by atoms with Gasteiger partial charge in [-0.1, -0.05) is 38.1 Å². The molecule has 1 aliphatic heterocycles. The van der Waals surface area contributed by atoms with Gasteiger partial charge in [0.15, 0.2) is 0 Å². The Balaban J connectivity index is 1.40. The smallest absolute Gasteiger partial charge is 0.250 e. The summed E-state index contributed by atoms with van der Waals surface area (Å²) in [6.07, 6.45) is 6.60. The summed E-state index contributed by atoms with van der Waals surface area (Å²) in [7, 11) is 0. The fourth-order valence-corrected chi connectivity index (χ4v) is 4.66. The summed E-state index contributed by atoms with van der Waals surface area (Å²) in [5.41, 5.74) is 2.37. The van der Waals surface area contributed by atoms with Gasteiger partial charge < -0.3 is 4.90 Å². The van der Waals surface area contributed by atoms with Crippen LogP contribution in [0.25, 0.3) is 23.3 Å². The molecule has 7 nitrogen and oxygen atoms in total. The Hall–Kier alpha value is -4.20. The highest BCUT2D eigenvalue weighted by atomic mass is 19.1. The van der Waals surface area contributed by atoms with E-state index in [4.69, 9.17) is 10.1 Å². The van der Waals surface area contributed by atoms with Crippen molar-refractivity contribution in [3.8, 4) is 17.2 Å². The van der Waals surface area contributed by atoms with E-state index in [1.54, 1.807) is 35.3 Å². The Morgan fingerprint density at radius 3 is 2.57 bits per heavy atom. The van der Waals surface area contributed by atoms with E-state index in [2.05, 4.69) is 29.9 Å². The van der Waals surface area contributed by atoms with Crippen LogP contribution in [0.4, 0.5) is 4.39 Å². The number of aromatic nitrogens is 4. The van der Waals surface area contributed by atoms with Crippen molar-refractivity contribution in [2.75, 3.05) is 13.1 Å². The summed E-state index contributed by atoms with van der Waals surface area (Å²) in [4.78, 5) is 28.8. The standard InChI is InChI=1S/C29H29FN6O/c1-3-15-35(28(37)17-24-16-22-7-4-5-8-25(22)33-24)19-20(2)27-18-26(21-9-11-23(30)12-10-21)34-36(27)29-31-13-6-14-32-29/h4-14,16,18,20,24H,3,15,17,19H2,1-2H3. The molecule has 2 atom stereocenters. The number of carbonyl (C=O) groups is 1. The lowest BCUT2D eigenvalue weighted by Gasteiger charge is -2.26. The average molecular weight is 497 g/mol. The van der Waals surface area contributed by atoms with E-state index in [1.807, 2.05) is 35.2 Å². The second-order valence-corrected chi connectivity index (χ2v) is 9.29. The molecule has 0 radical (unpaired) electrons. The summed E-state index contributed by atoms with van der Waals surface area (Å²) >= 11 is 0. The zero-order valence-corrected chi connectivity index (χ0v) is 21.0. The number of nitrogens with zero attached hydrogens (tertiary/aromatic N) is 6. The highest BCUT2D eigenvalue weighted by Gasteiger charge is 2.24. The van der Waals surface area contributed by atoms with E-state index in [-0.39, 0.29) is 23.7 Å². The lowest BCUT2D eigenvalue weighted by atomic mass is 10.0. The monoisotopic (exact) mass is 496 g/mol. The van der Waals surface area contributed by atoms with Crippen molar-refractivity contribution >= 4 is 12.0 Å². The minimum absolute atomic E-state index is 0.0531. The summed E-state index contributed by atoms with van der Waals surface area (Å²) in [5, 5.41) is 6.77. The fraction of sp³-hybridized carbons (Fsp3) is 0.276. The quantitative estimate of drug-likeness (QED) is 0.354. The van der Waals surface area contributed by atoms with Crippen molar-refractivity contribution in [1.29, 1.82) is 0 Å². The Morgan fingerprint density at radius 1 is 1.08 bits per heavy atom. The maximum atomic E-state index is 13.5. The molecule has 0 saturated carbocycles. The molecule has 188 valence electrons. The number of hydrogen-bond donors (Lipinski definition) is 0. The minimum atomic E-state index is -0.300. The predicted octanol–water partition coefficient (Wildman–Crippen LogP) is 3.68. The maximum absolute atomic E-state index is 13.5. The summed E-state index contributed by atoms with van der Waals surface area (Å²) in [5.74, 6) is 0.171. The molecule has 0 aliphatic carbocycles. The van der Waals surface area contributed by atoms with Crippen molar-refractivity contribution in [1.82, 2.24) is 24.6 Å². The molecule has 0 bridgehead atoms. The number of carbonyl (C=O) groups excluding carboxylic acids is 1. The number of rotatable bonds is 9. The molecule has 4 aromatic rings. The van der Waals surface area contributed by atoms with Crippen LogP contribution in [0.2, 0.25) is 0 Å². The van der Waals surface area contributed by atoms with Gasteiger partial charge in [0.1, 0.15) is 5.82 Å². The first-order chi connectivity index (χ1) is 18.0. The minimum Gasteiger partial charge on any atom is -0.342 e. The first-order valence-electron chi connectivity index (χ1n) is 12.6. The lowest BCUT2D eigenvalue weighted by Crippen LogP contribution is -2.36. The Kier molecular flexibility index (Phi) is 7.16. The number of para-hydroxylation sites is 1. The van der Waals surface area contributed by atoms with Crippen LogP contribution in [0.1, 0.15) is 38.3 Å². The van der Waals surface area contributed by atoms with Crippen LogP contribution in [0.3, 0.4) is 0 Å². The third kappa shape index (κ3) is 5.48. The Morgan fingerprint density at radius 2 is 1.84 bits per heavy atom. The molecule has 37 heavy (non-hydrogen) atoms. The average Bonchev–Trinajstić information content (AvgIpc) is 3.54. The van der Waals surface area contributed by atoms with Crippen molar-refractivity contribution in [3.05, 3.63) is 95.1 Å². The fourth-order valence-electron chi connectivity index (χ4n) is 4.66. The van der Waals surface area contributed by atoms with Crippen molar-refractivity contribution < 1.29 is 9.18 Å². The number of amides is 1. The summed E-state index contributed by atoms with van der Waals surface area (Å²) in [6.45, 7) is 5.32. The van der Waals surface area contributed by atoms with E-state index in [9.17, 15) is 9.18 Å². The molecule has 2 aromatic heterocycles. The van der Waals surface area contributed by atoms with Crippen LogP contribution in [0.5, 0.6) is 0 Å². The van der Waals surface area contributed by atoms with Crippen molar-refractivity contribution in [2.24, 2.45) is 4.99 Å². The first-order valence-corrected chi connectivity index (χ1v) is 12.6. The second-order valence-electron chi connectivity index (χ2n) is 9.29. The van der Waals surface area contributed by atoms with Gasteiger partial charge >= 0.3 is 0 Å². The van der Waals surface area contributed by atoms with Gasteiger partial charge in [0, 0.05) is 37.0 Å². The highest BCUT2D eigenvalue weighted by molar-refractivity contribution is 5.78. The SMILES string of the molecule is CCCN(CC(C)c1cc(-c2ccc(F)cc2)nn1-c1ncccn1)C(=O)CC1C=c2ccccc2=N1. The van der Waals surface area contributed by atoms with Crippen LogP contribution >= 0.6 is 0 Å². The summed E-state index contributed by atoms with van der Waals surface area (Å²) < 4.78 is 15.2. The first kappa shape index (κ1) is 24.5. The Labute approximate surface area is 215 Å². The summed E-state index contributed by atoms with van der Waals surface area (Å²) in [6, 6.07) is 17.8. The number of benzene rings is 2. The van der Waals surface area contributed by atoms with Gasteiger partial charge in [0.25, 0.3) is 5.95 Å². The molecule has 1 amide bonds. The molecule has 0 spiro atoms. The van der Waals surface area contributed by atoms with Gasteiger partial charge in [0.05, 0.1) is 29.2 Å². The number of fused-ring (bicyclic) bond motifs is 1. The largest absolute Gasteiger partial charge is 0.342 e. The molecule has 0 N–H and O–H groups in total. The van der Waals surface area contributed by atoms with E-state index < -0.39 is 0 Å². The molecular weight excluding hydrogens is 467 g/mol. The zero-order chi connectivity index (χ0) is 25.8. The van der Waals surface area contributed by atoms with E-state index in [1.165, 1.54) is 12.1 Å². The molecule has 0 fully saturated rings. The van der Waals surface area contributed by atoms with Gasteiger partial charge in [-0.15, -0.1) is 0 Å². The molecule has 8 heteroatoms. The molecular formula is C29H29FN6O. The molecule has 2 aromatic carbocycles. The van der Waals surface area contributed by atoms with Gasteiger partial charge in [-0.3, -0.25) is 9.79 Å². The van der Waals surface area contributed by atoms with Crippen molar-refractivity contribution in [2.45, 2.75) is 38.6 Å². The lowest BCUT2D eigenvalue weighted by molar-refractivity contribution is -0.131. The van der Waals surface area contributed by atoms with Gasteiger partial charge in [0.2, 0.25) is 5.91 Å². The third-order valence-electron chi connectivity index (χ3n) is 6.46. The zero-order valence-electron chi connectivity index (χ0n) is 21.0. The van der Waals surface area contributed by atoms with Crippen LogP contribution in [-0.4, -0.2) is 49.7 Å². The van der Waals surface area contributed by atoms with Crippen LogP contribution in [0.15, 0.2) is 78.0 Å². The highest BCUT2D eigenvalue weighted by Crippen LogP contribution is 2.26. The molecule has 0 saturated heterocycles. The van der Waals surface area contributed by atoms with E-state index in [0.717, 1.165) is 28.3 Å². The predicted molar refractivity (Wildman–Crippen MR) is 140 cm³/mol. The molecule has 1 aliphatic rings. The maximum Gasteiger partial charge on any atom is 0.250 e. The van der Waals surface area contributed by atoms with Gasteiger partial charge in [-0.25, -0.2) is 19.0 Å². The van der Waals surface area contributed by atoms with Crippen LogP contribution in [-0.2, 0) is 4.79 Å². The van der Waals surface area contributed by atoms with Gasteiger partial charge in [-0.2, -0.15) is 5.10 Å². The topological polar surface area (TPSA) is 76.3 Å². The van der Waals surface area contributed by atoms with Crippen LogP contribution in [0, 0.1) is 5.82 Å². The van der Waals surface area contributed by atoms with Crippen molar-refractivity contribution in [3.63, 3.8) is 0 Å². The van der Waals surface area contributed by atoms with E-state index in [0.29, 0.717) is 31.2 Å². The Bertz CT molecular complexity index is 1460. The number of hydrogen-bond acceptors (Lipinski definition) is 5. The van der Waals surface area contributed by atoms with Crippen LogP contribution < -0.4 is 10.6 Å². The normalized spacial score (nSPS) is 14.9. The molecule has 2 unspecified atom stereocenters. The number of halogens is 1.